The number of carbonyl (C=O) groups is 1. The molecule has 1 N–H and O–H groups in total. The summed E-state index contributed by atoms with van der Waals surface area (Å²) in [4.78, 5) is 14.5. The van der Waals surface area contributed by atoms with E-state index >= 15 is 0 Å². The molecule has 0 aliphatic carbocycles. The number of nitrogens with one attached hydrogen (secondary N) is 1. The predicted molar refractivity (Wildman–Crippen MR) is 83.4 cm³/mol. The Morgan fingerprint density at radius 2 is 2.36 bits per heavy atom. The maximum Gasteiger partial charge on any atom is 0.239 e. The van der Waals surface area contributed by atoms with Crippen LogP contribution in [0.15, 0.2) is 24.5 Å². The topological polar surface area (TPSA) is 68.0 Å². The molecule has 1 amide bonds. The van der Waals surface area contributed by atoms with Gasteiger partial charge in [0.05, 0.1) is 18.8 Å². The summed E-state index contributed by atoms with van der Waals surface area (Å²) < 4.78 is 3.63. The molecule has 0 aromatic carbocycles. The van der Waals surface area contributed by atoms with Crippen molar-refractivity contribution < 1.29 is 4.79 Å². The van der Waals surface area contributed by atoms with Crippen LogP contribution in [0.1, 0.15) is 18.5 Å². The van der Waals surface area contributed by atoms with Crippen LogP contribution >= 0.6 is 0 Å². The second-order valence-corrected chi connectivity index (χ2v) is 5.84. The monoisotopic (exact) mass is 302 g/mol. The molecule has 1 saturated heterocycles. The molecule has 0 radical (unpaired) electrons. The Morgan fingerprint density at radius 3 is 3.05 bits per heavy atom. The highest BCUT2D eigenvalue weighted by Gasteiger charge is 2.26. The van der Waals surface area contributed by atoms with Crippen molar-refractivity contribution in [1.29, 1.82) is 0 Å². The first-order valence-electron chi connectivity index (χ1n) is 7.64. The van der Waals surface area contributed by atoms with Gasteiger partial charge in [-0.25, -0.2) is 0 Å². The van der Waals surface area contributed by atoms with Crippen molar-refractivity contribution in [2.24, 2.45) is 7.05 Å². The molecule has 1 aliphatic heterocycles. The van der Waals surface area contributed by atoms with E-state index in [1.165, 1.54) is 0 Å². The summed E-state index contributed by atoms with van der Waals surface area (Å²) in [7, 11) is 1.83. The summed E-state index contributed by atoms with van der Waals surface area (Å²) in [6, 6.07) is 4.18. The first-order valence-corrected chi connectivity index (χ1v) is 7.64. The van der Waals surface area contributed by atoms with Crippen LogP contribution in [0, 0.1) is 6.92 Å². The standard InChI is InChI=1S/C15H22N6O/c1-12-9-14(19(2)18-12)17-15(22)11-20-7-3-5-13(20)10-21-8-4-6-16-21/h4,6,8-9,13H,3,5,7,10-11H2,1-2H3,(H,17,22)/t13-/m1/s1. The van der Waals surface area contributed by atoms with E-state index in [1.807, 2.05) is 37.0 Å². The fourth-order valence-corrected chi connectivity index (χ4v) is 3.03. The minimum atomic E-state index is 0.00960. The van der Waals surface area contributed by atoms with Gasteiger partial charge in [-0.15, -0.1) is 0 Å². The van der Waals surface area contributed by atoms with E-state index in [-0.39, 0.29) is 5.91 Å². The molecule has 0 saturated carbocycles. The van der Waals surface area contributed by atoms with Crippen molar-refractivity contribution in [3.63, 3.8) is 0 Å². The van der Waals surface area contributed by atoms with E-state index in [0.717, 1.165) is 37.4 Å². The zero-order chi connectivity index (χ0) is 15.5. The Balaban J connectivity index is 1.57. The van der Waals surface area contributed by atoms with Gasteiger partial charge in [-0.2, -0.15) is 10.2 Å². The third kappa shape index (κ3) is 3.36. The Labute approximate surface area is 129 Å². The van der Waals surface area contributed by atoms with Gasteiger partial charge in [-0.3, -0.25) is 19.1 Å². The summed E-state index contributed by atoms with van der Waals surface area (Å²) in [6.45, 7) is 4.13. The quantitative estimate of drug-likeness (QED) is 0.895. The number of anilines is 1. The van der Waals surface area contributed by atoms with Gasteiger partial charge < -0.3 is 5.32 Å². The molecule has 22 heavy (non-hydrogen) atoms. The molecule has 0 bridgehead atoms. The first kappa shape index (κ1) is 14.8. The molecule has 1 fully saturated rings. The van der Waals surface area contributed by atoms with E-state index in [9.17, 15) is 4.79 Å². The normalized spacial score (nSPS) is 18.7. The molecule has 0 spiro atoms. The molecule has 2 aromatic rings. The molecular weight excluding hydrogens is 280 g/mol. The van der Waals surface area contributed by atoms with Crippen molar-refractivity contribution in [3.8, 4) is 0 Å². The number of hydrogen-bond acceptors (Lipinski definition) is 4. The number of hydrogen-bond donors (Lipinski definition) is 1. The molecule has 3 rings (SSSR count). The zero-order valence-electron chi connectivity index (χ0n) is 13.1. The molecule has 1 atom stereocenters. The first-order chi connectivity index (χ1) is 10.6. The van der Waals surface area contributed by atoms with Gasteiger partial charge in [0.15, 0.2) is 0 Å². The lowest BCUT2D eigenvalue weighted by molar-refractivity contribution is -0.117. The molecular formula is C15H22N6O. The molecule has 3 heterocycles. The van der Waals surface area contributed by atoms with Crippen LogP contribution in [0.3, 0.4) is 0 Å². The largest absolute Gasteiger partial charge is 0.310 e. The third-order valence-corrected chi connectivity index (χ3v) is 4.07. The van der Waals surface area contributed by atoms with Gasteiger partial charge in [0.2, 0.25) is 5.91 Å². The Morgan fingerprint density at radius 1 is 1.50 bits per heavy atom. The number of likely N-dealkylation sites (tertiary alicyclic amines) is 1. The predicted octanol–water partition coefficient (Wildman–Crippen LogP) is 1.03. The van der Waals surface area contributed by atoms with E-state index < -0.39 is 0 Å². The molecule has 7 heteroatoms. The number of nitrogens with zero attached hydrogens (tertiary/aromatic N) is 5. The second-order valence-electron chi connectivity index (χ2n) is 5.84. The Bertz CT molecular complexity index is 633. The van der Waals surface area contributed by atoms with Gasteiger partial charge in [0, 0.05) is 31.5 Å². The van der Waals surface area contributed by atoms with Crippen LogP contribution in [0.4, 0.5) is 5.82 Å². The molecule has 0 unspecified atom stereocenters. The average molecular weight is 302 g/mol. The van der Waals surface area contributed by atoms with Crippen LogP contribution in [-0.4, -0.2) is 49.5 Å². The van der Waals surface area contributed by atoms with Crippen LogP contribution in [-0.2, 0) is 18.4 Å². The number of amides is 1. The van der Waals surface area contributed by atoms with E-state index in [2.05, 4.69) is 20.4 Å². The molecule has 2 aromatic heterocycles. The number of aryl methyl sites for hydroxylation is 2. The summed E-state index contributed by atoms with van der Waals surface area (Å²) in [5.74, 6) is 0.751. The highest BCUT2D eigenvalue weighted by Crippen LogP contribution is 2.18. The smallest absolute Gasteiger partial charge is 0.239 e. The highest BCUT2D eigenvalue weighted by atomic mass is 16.2. The maximum absolute atomic E-state index is 12.3. The molecule has 7 nitrogen and oxygen atoms in total. The average Bonchev–Trinajstić information content (AvgIpc) is 3.16. The summed E-state index contributed by atoms with van der Waals surface area (Å²) in [5.41, 5.74) is 0.899. The number of rotatable bonds is 5. The van der Waals surface area contributed by atoms with Crippen LogP contribution in [0.2, 0.25) is 0 Å². The Hall–Kier alpha value is -2.15. The van der Waals surface area contributed by atoms with E-state index in [0.29, 0.717) is 12.6 Å². The van der Waals surface area contributed by atoms with Crippen molar-refractivity contribution in [2.45, 2.75) is 32.4 Å². The van der Waals surface area contributed by atoms with Crippen LogP contribution in [0.25, 0.3) is 0 Å². The number of aromatic nitrogens is 4. The van der Waals surface area contributed by atoms with E-state index in [1.54, 1.807) is 10.9 Å². The summed E-state index contributed by atoms with van der Waals surface area (Å²) in [6.07, 6.45) is 5.99. The highest BCUT2D eigenvalue weighted by molar-refractivity contribution is 5.91. The van der Waals surface area contributed by atoms with Gasteiger partial charge in [0.1, 0.15) is 5.82 Å². The van der Waals surface area contributed by atoms with Gasteiger partial charge in [-0.1, -0.05) is 0 Å². The fourth-order valence-electron chi connectivity index (χ4n) is 3.03. The van der Waals surface area contributed by atoms with Crippen LogP contribution < -0.4 is 5.32 Å². The zero-order valence-corrected chi connectivity index (χ0v) is 13.1. The molecule has 1 aliphatic rings. The number of carbonyl (C=O) groups excluding carboxylic acids is 1. The SMILES string of the molecule is Cc1cc(NC(=O)CN2CCC[C@@H]2Cn2cccn2)n(C)n1. The minimum absolute atomic E-state index is 0.00960. The fraction of sp³-hybridized carbons (Fsp3) is 0.533. The van der Waals surface area contributed by atoms with Gasteiger partial charge >= 0.3 is 0 Å². The summed E-state index contributed by atoms with van der Waals surface area (Å²) >= 11 is 0. The minimum Gasteiger partial charge on any atom is -0.310 e. The lowest BCUT2D eigenvalue weighted by Crippen LogP contribution is -2.39. The van der Waals surface area contributed by atoms with Crippen molar-refractivity contribution in [3.05, 3.63) is 30.2 Å². The maximum atomic E-state index is 12.3. The van der Waals surface area contributed by atoms with Crippen molar-refractivity contribution in [1.82, 2.24) is 24.5 Å². The Kier molecular flexibility index (Phi) is 4.24. The lowest BCUT2D eigenvalue weighted by atomic mass is 10.2. The summed E-state index contributed by atoms with van der Waals surface area (Å²) in [5, 5.41) is 11.4. The lowest BCUT2D eigenvalue weighted by Gasteiger charge is -2.23. The van der Waals surface area contributed by atoms with E-state index in [4.69, 9.17) is 0 Å². The molecule has 118 valence electrons. The second kappa shape index (κ2) is 6.31. The third-order valence-electron chi connectivity index (χ3n) is 4.07. The van der Waals surface area contributed by atoms with Crippen molar-refractivity contribution in [2.75, 3.05) is 18.4 Å². The van der Waals surface area contributed by atoms with Gasteiger partial charge in [-0.05, 0) is 32.4 Å². The van der Waals surface area contributed by atoms with Crippen LogP contribution in [0.5, 0.6) is 0 Å². The van der Waals surface area contributed by atoms with Gasteiger partial charge in [0.25, 0.3) is 0 Å². The van der Waals surface area contributed by atoms with Crippen molar-refractivity contribution >= 4 is 11.7 Å².